The van der Waals surface area contributed by atoms with Gasteiger partial charge in [0.05, 0.1) is 5.52 Å². The van der Waals surface area contributed by atoms with Crippen LogP contribution in [0.1, 0.15) is 19.4 Å². The van der Waals surface area contributed by atoms with E-state index in [4.69, 9.17) is 0 Å². The Morgan fingerprint density at radius 3 is 2.74 bits per heavy atom. The van der Waals surface area contributed by atoms with Gasteiger partial charge in [-0.25, -0.2) is 0 Å². The molecular weight excluding hydrogens is 271 g/mol. The quantitative estimate of drug-likeness (QED) is 0.853. The highest BCUT2D eigenvalue weighted by molar-refractivity contribution is 8.51. The molecule has 0 radical (unpaired) electrons. The van der Waals surface area contributed by atoms with Crippen molar-refractivity contribution in [1.29, 1.82) is 0 Å². The molecule has 4 heteroatoms. The van der Waals surface area contributed by atoms with Gasteiger partial charge in [-0.1, -0.05) is 26.0 Å². The Labute approximate surface area is 122 Å². The number of aromatic nitrogens is 1. The second-order valence-corrected chi connectivity index (χ2v) is 6.94. The van der Waals surface area contributed by atoms with Crippen LogP contribution in [0.2, 0.25) is 0 Å². The summed E-state index contributed by atoms with van der Waals surface area (Å²) in [4.78, 5) is 4.54. The second-order valence-electron chi connectivity index (χ2n) is 3.91. The summed E-state index contributed by atoms with van der Waals surface area (Å²) in [6, 6.07) is 8.83. The summed E-state index contributed by atoms with van der Waals surface area (Å²) in [6.07, 6.45) is 5.19. The van der Waals surface area contributed by atoms with Gasteiger partial charge in [-0.2, -0.15) is 0 Å². The van der Waals surface area contributed by atoms with Crippen molar-refractivity contribution in [3.8, 4) is 0 Å². The third-order valence-electron chi connectivity index (χ3n) is 2.63. The largest absolute Gasteiger partial charge is 0.319 e. The number of hydrogen-bond acceptors (Lipinski definition) is 3. The molecule has 0 aliphatic heterocycles. The van der Waals surface area contributed by atoms with E-state index in [1.54, 1.807) is 0 Å². The molecular formula is C15H23N2PS. The molecule has 1 heterocycles. The predicted octanol–water partition coefficient (Wildman–Crippen LogP) is 3.60. The van der Waals surface area contributed by atoms with E-state index in [2.05, 4.69) is 40.8 Å². The molecule has 2 nitrogen and oxygen atoms in total. The van der Waals surface area contributed by atoms with Crippen LogP contribution < -0.4 is 10.6 Å². The number of likely N-dealkylation sites (N-methyl/N-ethyl adjacent to an activating group) is 1. The molecule has 19 heavy (non-hydrogen) atoms. The maximum Gasteiger partial charge on any atom is 0.0705 e. The Morgan fingerprint density at radius 1 is 1.26 bits per heavy atom. The lowest BCUT2D eigenvalue weighted by molar-refractivity contribution is 0.792. The SMILES string of the molecule is CC.CNCCc1ccc2cc(PSC)cnc2c1. The van der Waals surface area contributed by atoms with Gasteiger partial charge >= 0.3 is 0 Å². The molecule has 2 rings (SSSR count). The van der Waals surface area contributed by atoms with E-state index in [-0.39, 0.29) is 0 Å². The first kappa shape index (κ1) is 16.4. The van der Waals surface area contributed by atoms with Gasteiger partial charge in [0.15, 0.2) is 0 Å². The summed E-state index contributed by atoms with van der Waals surface area (Å²) < 4.78 is 0. The van der Waals surface area contributed by atoms with Gasteiger partial charge in [-0.15, -0.1) is 11.4 Å². The summed E-state index contributed by atoms with van der Waals surface area (Å²) in [5, 5.41) is 5.74. The van der Waals surface area contributed by atoms with Crippen molar-refractivity contribution in [1.82, 2.24) is 10.3 Å². The van der Waals surface area contributed by atoms with E-state index in [9.17, 15) is 0 Å². The van der Waals surface area contributed by atoms with Gasteiger partial charge in [0.2, 0.25) is 0 Å². The highest BCUT2D eigenvalue weighted by Crippen LogP contribution is 2.25. The van der Waals surface area contributed by atoms with Crippen LogP contribution in [-0.2, 0) is 6.42 Å². The third kappa shape index (κ3) is 5.10. The fourth-order valence-corrected chi connectivity index (χ4v) is 3.37. The smallest absolute Gasteiger partial charge is 0.0705 e. The number of rotatable bonds is 5. The van der Waals surface area contributed by atoms with Crippen molar-refractivity contribution in [2.24, 2.45) is 0 Å². The summed E-state index contributed by atoms with van der Waals surface area (Å²) >= 11 is 1.86. The van der Waals surface area contributed by atoms with Crippen molar-refractivity contribution < 1.29 is 0 Å². The zero-order valence-corrected chi connectivity index (χ0v) is 14.0. The van der Waals surface area contributed by atoms with Gasteiger partial charge in [-0.3, -0.25) is 4.98 Å². The van der Waals surface area contributed by atoms with E-state index in [0.29, 0.717) is 0 Å². The minimum atomic E-state index is 0.792. The normalized spacial score (nSPS) is 10.7. The zero-order valence-electron chi connectivity index (χ0n) is 12.2. The first-order chi connectivity index (χ1) is 9.33. The molecule has 1 N–H and O–H groups in total. The second kappa shape index (κ2) is 9.30. The summed E-state index contributed by atoms with van der Waals surface area (Å²) in [6.45, 7) is 5.01. The van der Waals surface area contributed by atoms with E-state index in [1.165, 1.54) is 16.3 Å². The molecule has 1 aromatic heterocycles. The lowest BCUT2D eigenvalue weighted by Crippen LogP contribution is -2.10. The van der Waals surface area contributed by atoms with Gasteiger partial charge in [0.1, 0.15) is 0 Å². The molecule has 0 spiro atoms. The number of nitrogens with one attached hydrogen (secondary N) is 1. The van der Waals surface area contributed by atoms with Crippen molar-refractivity contribution in [3.05, 3.63) is 36.0 Å². The van der Waals surface area contributed by atoms with Gasteiger partial charge in [0.25, 0.3) is 0 Å². The topological polar surface area (TPSA) is 24.9 Å². The van der Waals surface area contributed by atoms with Crippen LogP contribution in [0.15, 0.2) is 30.5 Å². The molecule has 0 amide bonds. The molecule has 104 valence electrons. The Morgan fingerprint density at radius 2 is 2.05 bits per heavy atom. The molecule has 0 aliphatic carbocycles. The standard InChI is InChI=1S/C13H17N2PS.C2H6/c1-14-6-5-10-3-4-11-8-12(16-17-2)9-15-13(11)7-10;1-2/h3-4,7-9,14,16H,5-6H2,1-2H3;1-2H3. The highest BCUT2D eigenvalue weighted by Gasteiger charge is 2.00. The first-order valence-corrected chi connectivity index (χ1v) is 9.60. The van der Waals surface area contributed by atoms with E-state index < -0.39 is 0 Å². The van der Waals surface area contributed by atoms with Crippen molar-refractivity contribution in [3.63, 3.8) is 0 Å². The number of benzene rings is 1. The number of pyridine rings is 1. The molecule has 1 aromatic carbocycles. The van der Waals surface area contributed by atoms with Crippen LogP contribution in [0.5, 0.6) is 0 Å². The van der Waals surface area contributed by atoms with Crippen LogP contribution in [0.3, 0.4) is 0 Å². The van der Waals surface area contributed by atoms with Crippen LogP contribution in [0.4, 0.5) is 0 Å². The molecule has 0 saturated carbocycles. The fraction of sp³-hybridized carbons (Fsp3) is 0.400. The lowest BCUT2D eigenvalue weighted by atomic mass is 10.1. The molecule has 2 aromatic rings. The molecule has 0 aliphatic rings. The monoisotopic (exact) mass is 294 g/mol. The first-order valence-electron chi connectivity index (χ1n) is 6.66. The van der Waals surface area contributed by atoms with Crippen LogP contribution in [0, 0.1) is 0 Å². The van der Waals surface area contributed by atoms with Crippen LogP contribution in [0.25, 0.3) is 10.9 Å². The zero-order chi connectivity index (χ0) is 14.1. The Balaban J connectivity index is 0.000000861. The van der Waals surface area contributed by atoms with E-state index in [0.717, 1.165) is 26.3 Å². The maximum absolute atomic E-state index is 4.54. The summed E-state index contributed by atoms with van der Waals surface area (Å²) in [5.74, 6) is 0. The highest BCUT2D eigenvalue weighted by atomic mass is 32.7. The molecule has 1 atom stereocenters. The minimum absolute atomic E-state index is 0.792. The van der Waals surface area contributed by atoms with Crippen molar-refractivity contribution in [2.75, 3.05) is 19.8 Å². The van der Waals surface area contributed by atoms with E-state index >= 15 is 0 Å². The van der Waals surface area contributed by atoms with Gasteiger partial charge in [-0.05, 0) is 51.7 Å². The maximum atomic E-state index is 4.54. The minimum Gasteiger partial charge on any atom is -0.319 e. The summed E-state index contributed by atoms with van der Waals surface area (Å²) in [5.41, 5.74) is 2.45. The molecule has 0 fully saturated rings. The molecule has 0 bridgehead atoms. The average Bonchev–Trinajstić information content (AvgIpc) is 2.47. The molecule has 0 saturated heterocycles. The lowest BCUT2D eigenvalue weighted by Gasteiger charge is -2.04. The van der Waals surface area contributed by atoms with Gasteiger partial charge in [0, 0.05) is 16.9 Å². The molecule has 1 unspecified atom stereocenters. The predicted molar refractivity (Wildman–Crippen MR) is 92.2 cm³/mol. The Bertz CT molecular complexity index is 502. The Kier molecular flexibility index (Phi) is 8.04. The fourth-order valence-electron chi connectivity index (χ4n) is 1.77. The van der Waals surface area contributed by atoms with Crippen molar-refractivity contribution in [2.45, 2.75) is 20.3 Å². The number of hydrogen-bond donors (Lipinski definition) is 1. The van der Waals surface area contributed by atoms with Gasteiger partial charge < -0.3 is 5.32 Å². The third-order valence-corrected chi connectivity index (χ3v) is 4.66. The van der Waals surface area contributed by atoms with Crippen molar-refractivity contribution >= 4 is 35.4 Å². The van der Waals surface area contributed by atoms with Crippen LogP contribution >= 0.6 is 19.2 Å². The average molecular weight is 294 g/mol. The number of nitrogens with zero attached hydrogens (tertiary/aromatic N) is 1. The van der Waals surface area contributed by atoms with Crippen LogP contribution in [-0.4, -0.2) is 24.8 Å². The Hall–Kier alpha value is -0.630. The van der Waals surface area contributed by atoms with E-state index in [1.807, 2.05) is 38.5 Å². The number of fused-ring (bicyclic) bond motifs is 1. The summed E-state index contributed by atoms with van der Waals surface area (Å²) in [7, 11) is 2.77.